The number of carboxylic acids is 1. The van der Waals surface area contributed by atoms with Crippen molar-refractivity contribution in [1.29, 1.82) is 0 Å². The van der Waals surface area contributed by atoms with Gasteiger partial charge in [0, 0.05) is 17.9 Å². The first-order chi connectivity index (χ1) is 7.11. The van der Waals surface area contributed by atoms with Gasteiger partial charge >= 0.3 is 5.97 Å². The van der Waals surface area contributed by atoms with E-state index in [0.717, 1.165) is 24.2 Å². The average Bonchev–Trinajstić information content (AvgIpc) is 2.64. The Balaban J connectivity index is 2.35. The molecule has 82 valence electrons. The minimum atomic E-state index is -0.749. The van der Waals surface area contributed by atoms with Crippen molar-refractivity contribution in [2.24, 2.45) is 11.8 Å². The summed E-state index contributed by atoms with van der Waals surface area (Å²) in [6, 6.07) is 0. The molecule has 0 fully saturated rings. The molecule has 1 aromatic heterocycles. The summed E-state index contributed by atoms with van der Waals surface area (Å²) in [6.45, 7) is 3.85. The molecule has 1 heterocycles. The van der Waals surface area contributed by atoms with E-state index in [2.05, 4.69) is 12.1 Å². The molecule has 0 saturated heterocycles. The van der Waals surface area contributed by atoms with Gasteiger partial charge in [-0.1, -0.05) is 19.0 Å². The topological polar surface area (TPSA) is 63.3 Å². The third-order valence-corrected chi connectivity index (χ3v) is 3.40. The lowest BCUT2D eigenvalue weighted by atomic mass is 9.73. The van der Waals surface area contributed by atoms with E-state index in [1.54, 1.807) is 13.1 Å². The first kappa shape index (κ1) is 10.2. The number of fused-ring (bicyclic) bond motifs is 1. The third kappa shape index (κ3) is 1.64. The molecule has 0 amide bonds. The van der Waals surface area contributed by atoms with E-state index >= 15 is 0 Å². The van der Waals surface area contributed by atoms with Gasteiger partial charge in [-0.3, -0.25) is 4.79 Å². The second-order valence-electron chi connectivity index (χ2n) is 4.37. The molecule has 1 aliphatic carbocycles. The summed E-state index contributed by atoms with van der Waals surface area (Å²) in [4.78, 5) is 11.0. The minimum Gasteiger partial charge on any atom is -0.481 e. The zero-order valence-electron chi connectivity index (χ0n) is 8.93. The Morgan fingerprint density at radius 2 is 2.47 bits per heavy atom. The maximum atomic E-state index is 11.0. The van der Waals surface area contributed by atoms with E-state index in [1.807, 2.05) is 0 Å². The van der Waals surface area contributed by atoms with E-state index in [9.17, 15) is 4.79 Å². The van der Waals surface area contributed by atoms with E-state index in [0.29, 0.717) is 5.92 Å². The van der Waals surface area contributed by atoms with Crippen molar-refractivity contribution in [2.75, 3.05) is 0 Å². The molecule has 0 saturated carbocycles. The van der Waals surface area contributed by atoms with Gasteiger partial charge < -0.3 is 9.63 Å². The number of aryl methyl sites for hydroxylation is 1. The molecule has 0 bridgehead atoms. The molecule has 1 N–H and O–H groups in total. The molecule has 4 heteroatoms. The Labute approximate surface area is 88.3 Å². The maximum Gasteiger partial charge on any atom is 0.306 e. The summed E-state index contributed by atoms with van der Waals surface area (Å²) in [7, 11) is 0. The molecule has 3 atom stereocenters. The second kappa shape index (κ2) is 3.68. The molecule has 0 aromatic carbocycles. The highest BCUT2D eigenvalue weighted by Crippen LogP contribution is 2.40. The number of carboxylic acid groups (broad SMARTS) is 1. The van der Waals surface area contributed by atoms with E-state index < -0.39 is 5.97 Å². The van der Waals surface area contributed by atoms with Crippen LogP contribution in [0, 0.1) is 11.8 Å². The van der Waals surface area contributed by atoms with Crippen LogP contribution in [0.25, 0.3) is 0 Å². The van der Waals surface area contributed by atoms with Crippen LogP contribution >= 0.6 is 0 Å². The lowest BCUT2D eigenvalue weighted by molar-refractivity contribution is -0.142. The number of nitrogens with zero attached hydrogens (tertiary/aromatic N) is 1. The smallest absolute Gasteiger partial charge is 0.306 e. The minimum absolute atomic E-state index is 0.0394. The first-order valence-corrected chi connectivity index (χ1v) is 5.27. The van der Waals surface area contributed by atoms with E-state index in [1.165, 1.54) is 0 Å². The lowest BCUT2D eigenvalue weighted by Gasteiger charge is -2.30. The molecule has 4 nitrogen and oxygen atoms in total. The molecular weight excluding hydrogens is 194 g/mol. The summed E-state index contributed by atoms with van der Waals surface area (Å²) >= 11 is 0. The van der Waals surface area contributed by atoms with Crippen molar-refractivity contribution >= 4 is 5.97 Å². The highest BCUT2D eigenvalue weighted by Gasteiger charge is 2.36. The van der Waals surface area contributed by atoms with Crippen LogP contribution in [-0.2, 0) is 11.2 Å². The fraction of sp³-hybridized carbons (Fsp3) is 0.636. The summed E-state index contributed by atoms with van der Waals surface area (Å²) in [5.41, 5.74) is 0.989. The fourth-order valence-corrected chi connectivity index (χ4v) is 2.49. The van der Waals surface area contributed by atoms with Crippen LogP contribution in [0.2, 0.25) is 0 Å². The van der Waals surface area contributed by atoms with Crippen LogP contribution in [0.1, 0.15) is 37.5 Å². The number of rotatable bonds is 2. The zero-order chi connectivity index (χ0) is 11.0. The van der Waals surface area contributed by atoms with Crippen molar-refractivity contribution in [2.45, 2.75) is 32.6 Å². The summed E-state index contributed by atoms with van der Waals surface area (Å²) in [6.07, 6.45) is 3.53. The van der Waals surface area contributed by atoms with Crippen molar-refractivity contribution < 1.29 is 14.4 Å². The van der Waals surface area contributed by atoms with Crippen LogP contribution in [0.4, 0.5) is 0 Å². The van der Waals surface area contributed by atoms with Crippen LogP contribution in [-0.4, -0.2) is 16.2 Å². The number of aromatic nitrogens is 1. The van der Waals surface area contributed by atoms with Gasteiger partial charge in [-0.05, 0) is 12.3 Å². The van der Waals surface area contributed by atoms with E-state index in [4.69, 9.17) is 9.63 Å². The second-order valence-corrected chi connectivity index (χ2v) is 4.37. The van der Waals surface area contributed by atoms with Gasteiger partial charge in [-0.25, -0.2) is 0 Å². The van der Waals surface area contributed by atoms with E-state index in [-0.39, 0.29) is 11.8 Å². The largest absolute Gasteiger partial charge is 0.481 e. The van der Waals surface area contributed by atoms with Crippen LogP contribution in [0.15, 0.2) is 10.7 Å². The Morgan fingerprint density at radius 3 is 3.13 bits per heavy atom. The Bertz CT molecular complexity index is 372. The van der Waals surface area contributed by atoms with Gasteiger partial charge in [0.25, 0.3) is 0 Å². The molecule has 0 spiro atoms. The summed E-state index contributed by atoms with van der Waals surface area (Å²) in [5.74, 6) is 0.158. The lowest BCUT2D eigenvalue weighted by Crippen LogP contribution is -2.27. The maximum absolute atomic E-state index is 11.0. The summed E-state index contributed by atoms with van der Waals surface area (Å²) in [5, 5.41) is 12.8. The Morgan fingerprint density at radius 1 is 1.73 bits per heavy atom. The van der Waals surface area contributed by atoms with Gasteiger partial charge in [-0.15, -0.1) is 0 Å². The van der Waals surface area contributed by atoms with Crippen molar-refractivity contribution in [3.8, 4) is 0 Å². The van der Waals surface area contributed by atoms with Gasteiger partial charge in [0.15, 0.2) is 0 Å². The first-order valence-electron chi connectivity index (χ1n) is 5.27. The summed E-state index contributed by atoms with van der Waals surface area (Å²) < 4.78 is 5.12. The van der Waals surface area contributed by atoms with Crippen molar-refractivity contribution in [3.63, 3.8) is 0 Å². The fourth-order valence-electron chi connectivity index (χ4n) is 2.49. The number of hydrogen-bond donors (Lipinski definition) is 1. The number of aliphatic carboxylic acids is 1. The quantitative estimate of drug-likeness (QED) is 0.809. The SMILES string of the molecule is CC1CCc2oncc2C1C(C)C(=O)O. The molecular formula is C11H15NO3. The van der Waals surface area contributed by atoms with Crippen LogP contribution in [0.3, 0.4) is 0 Å². The van der Waals surface area contributed by atoms with Gasteiger partial charge in [0.2, 0.25) is 0 Å². The van der Waals surface area contributed by atoms with Gasteiger partial charge in [0.1, 0.15) is 5.76 Å². The average molecular weight is 209 g/mol. The highest BCUT2D eigenvalue weighted by atomic mass is 16.5. The molecule has 1 aromatic rings. The van der Waals surface area contributed by atoms with Gasteiger partial charge in [-0.2, -0.15) is 0 Å². The highest BCUT2D eigenvalue weighted by molar-refractivity contribution is 5.71. The third-order valence-electron chi connectivity index (χ3n) is 3.40. The molecule has 3 unspecified atom stereocenters. The molecule has 0 radical (unpaired) electrons. The monoisotopic (exact) mass is 209 g/mol. The standard InChI is InChI=1S/C11H15NO3/c1-6-3-4-9-8(5-12-15-9)10(6)7(2)11(13)14/h5-7,10H,3-4H2,1-2H3,(H,13,14). The number of hydrogen-bond acceptors (Lipinski definition) is 3. The molecule has 2 rings (SSSR count). The molecule has 0 aliphatic heterocycles. The molecule has 1 aliphatic rings. The molecule has 15 heavy (non-hydrogen) atoms. The van der Waals surface area contributed by atoms with Gasteiger partial charge in [0.05, 0.1) is 12.1 Å². The Hall–Kier alpha value is -1.32. The van der Waals surface area contributed by atoms with Crippen molar-refractivity contribution in [1.82, 2.24) is 5.16 Å². The van der Waals surface area contributed by atoms with Crippen molar-refractivity contribution in [3.05, 3.63) is 17.5 Å². The van der Waals surface area contributed by atoms with Crippen LogP contribution in [0.5, 0.6) is 0 Å². The zero-order valence-corrected chi connectivity index (χ0v) is 8.93. The normalized spacial score (nSPS) is 27.1. The Kier molecular flexibility index (Phi) is 2.50. The number of carbonyl (C=O) groups is 1. The predicted molar refractivity (Wildman–Crippen MR) is 53.5 cm³/mol. The van der Waals surface area contributed by atoms with Crippen LogP contribution < -0.4 is 0 Å². The predicted octanol–water partition coefficient (Wildman–Crippen LogP) is 2.06.